The van der Waals surface area contributed by atoms with Gasteiger partial charge in [-0.1, -0.05) is 0 Å². The molecule has 1 unspecified atom stereocenters. The summed E-state index contributed by atoms with van der Waals surface area (Å²) in [6.07, 6.45) is 4.90. The van der Waals surface area contributed by atoms with Crippen molar-refractivity contribution in [2.24, 2.45) is 0 Å². The number of piperidine rings is 1. The molecule has 18 heavy (non-hydrogen) atoms. The number of carbonyl (C=O) groups is 1. The van der Waals surface area contributed by atoms with Gasteiger partial charge in [0.1, 0.15) is 0 Å². The molecule has 2 rings (SSSR count). The van der Waals surface area contributed by atoms with Gasteiger partial charge in [-0.05, 0) is 26.2 Å². The van der Waals surface area contributed by atoms with Crippen molar-refractivity contribution in [2.75, 3.05) is 18.6 Å². The predicted octanol–water partition coefficient (Wildman–Crippen LogP) is 2.63. The number of carbonyl (C=O) groups excluding carboxylic acids is 1. The van der Waals surface area contributed by atoms with Gasteiger partial charge in [0.15, 0.2) is 5.13 Å². The molecule has 2 heterocycles. The summed E-state index contributed by atoms with van der Waals surface area (Å²) in [5.41, 5.74) is 0.998. The van der Waals surface area contributed by atoms with Crippen LogP contribution in [0.5, 0.6) is 0 Å². The van der Waals surface area contributed by atoms with Crippen LogP contribution < -0.4 is 4.90 Å². The van der Waals surface area contributed by atoms with Crippen LogP contribution in [0, 0.1) is 0 Å². The lowest BCUT2D eigenvalue weighted by Gasteiger charge is -2.33. The van der Waals surface area contributed by atoms with Crippen molar-refractivity contribution in [1.82, 2.24) is 4.98 Å². The van der Waals surface area contributed by atoms with Crippen molar-refractivity contribution < 1.29 is 9.53 Å². The van der Waals surface area contributed by atoms with Crippen LogP contribution in [0.15, 0.2) is 5.38 Å². The number of thiazole rings is 1. The molecule has 0 amide bonds. The molecule has 1 fully saturated rings. The van der Waals surface area contributed by atoms with E-state index in [1.54, 1.807) is 11.3 Å². The van der Waals surface area contributed by atoms with E-state index in [1.807, 2.05) is 0 Å². The van der Waals surface area contributed by atoms with Crippen LogP contribution in [0.3, 0.4) is 0 Å². The van der Waals surface area contributed by atoms with Crippen LogP contribution in [0.1, 0.15) is 38.3 Å². The summed E-state index contributed by atoms with van der Waals surface area (Å²) >= 11 is 1.68. The van der Waals surface area contributed by atoms with Crippen LogP contribution >= 0.6 is 11.3 Å². The number of hydrogen-bond acceptors (Lipinski definition) is 5. The molecule has 1 atom stereocenters. The lowest BCUT2D eigenvalue weighted by molar-refractivity contribution is -0.140. The van der Waals surface area contributed by atoms with E-state index in [0.717, 1.165) is 17.4 Å². The lowest BCUT2D eigenvalue weighted by atomic mass is 10.1. The highest BCUT2D eigenvalue weighted by Gasteiger charge is 2.21. The van der Waals surface area contributed by atoms with Gasteiger partial charge in [-0.25, -0.2) is 4.98 Å². The number of rotatable bonds is 4. The molecule has 1 aromatic heterocycles. The highest BCUT2D eigenvalue weighted by Crippen LogP contribution is 2.27. The van der Waals surface area contributed by atoms with Gasteiger partial charge in [-0.3, -0.25) is 4.79 Å². The fourth-order valence-electron chi connectivity index (χ4n) is 2.26. The smallest absolute Gasteiger partial charge is 0.305 e. The van der Waals surface area contributed by atoms with E-state index in [4.69, 9.17) is 0 Å². The predicted molar refractivity (Wildman–Crippen MR) is 73.1 cm³/mol. The Bertz CT molecular complexity index is 405. The van der Waals surface area contributed by atoms with Gasteiger partial charge in [-0.2, -0.15) is 0 Å². The Morgan fingerprint density at radius 3 is 3.17 bits per heavy atom. The number of hydrogen-bond donors (Lipinski definition) is 0. The molecule has 1 saturated heterocycles. The first kappa shape index (κ1) is 13.3. The lowest BCUT2D eigenvalue weighted by Crippen LogP contribution is -2.37. The van der Waals surface area contributed by atoms with E-state index in [-0.39, 0.29) is 5.97 Å². The summed E-state index contributed by atoms with van der Waals surface area (Å²) in [5, 5.41) is 3.15. The first-order chi connectivity index (χ1) is 8.70. The zero-order valence-electron chi connectivity index (χ0n) is 11.0. The second-order valence-electron chi connectivity index (χ2n) is 4.74. The molecular formula is C13H20N2O2S. The minimum atomic E-state index is -0.170. The Morgan fingerprint density at radius 1 is 1.61 bits per heavy atom. The number of aromatic nitrogens is 1. The van der Waals surface area contributed by atoms with Crippen molar-refractivity contribution in [2.45, 2.75) is 45.1 Å². The molecule has 1 aliphatic rings. The minimum Gasteiger partial charge on any atom is -0.469 e. The Balaban J connectivity index is 1.94. The normalized spacial score (nSPS) is 19.9. The minimum absolute atomic E-state index is 0.170. The fourth-order valence-corrected chi connectivity index (χ4v) is 3.25. The summed E-state index contributed by atoms with van der Waals surface area (Å²) in [4.78, 5) is 18.1. The van der Waals surface area contributed by atoms with Crippen molar-refractivity contribution >= 4 is 22.4 Å². The summed E-state index contributed by atoms with van der Waals surface area (Å²) in [7, 11) is 1.42. The van der Waals surface area contributed by atoms with Crippen molar-refractivity contribution in [1.29, 1.82) is 0 Å². The number of aryl methyl sites for hydroxylation is 1. The van der Waals surface area contributed by atoms with Gasteiger partial charge in [0.05, 0.1) is 19.2 Å². The second kappa shape index (κ2) is 6.18. The van der Waals surface area contributed by atoms with Crippen LogP contribution in [-0.2, 0) is 16.0 Å². The van der Waals surface area contributed by atoms with Crippen LogP contribution in [0.4, 0.5) is 5.13 Å². The second-order valence-corrected chi connectivity index (χ2v) is 5.57. The maximum absolute atomic E-state index is 11.1. The molecule has 100 valence electrons. The SMILES string of the molecule is COC(=O)CCc1csc(N2CCCCC2C)n1. The van der Waals surface area contributed by atoms with E-state index in [0.29, 0.717) is 18.9 Å². The molecule has 0 radical (unpaired) electrons. The molecule has 1 aliphatic heterocycles. The number of nitrogens with zero attached hydrogens (tertiary/aromatic N) is 2. The molecule has 0 spiro atoms. The molecule has 0 bridgehead atoms. The zero-order chi connectivity index (χ0) is 13.0. The quantitative estimate of drug-likeness (QED) is 0.787. The average Bonchev–Trinajstić information content (AvgIpc) is 2.85. The van der Waals surface area contributed by atoms with Gasteiger partial charge < -0.3 is 9.64 Å². The van der Waals surface area contributed by atoms with E-state index < -0.39 is 0 Å². The highest BCUT2D eigenvalue weighted by atomic mass is 32.1. The Hall–Kier alpha value is -1.10. The topological polar surface area (TPSA) is 42.4 Å². The molecule has 0 N–H and O–H groups in total. The molecule has 5 heteroatoms. The third kappa shape index (κ3) is 3.22. The Morgan fingerprint density at radius 2 is 2.44 bits per heavy atom. The van der Waals surface area contributed by atoms with Gasteiger partial charge in [0, 0.05) is 24.4 Å². The monoisotopic (exact) mass is 268 g/mol. The molecule has 4 nitrogen and oxygen atoms in total. The van der Waals surface area contributed by atoms with Crippen LogP contribution in [-0.4, -0.2) is 30.6 Å². The Labute approximate surface area is 112 Å². The van der Waals surface area contributed by atoms with E-state index in [1.165, 1.54) is 26.4 Å². The van der Waals surface area contributed by atoms with Gasteiger partial charge in [-0.15, -0.1) is 11.3 Å². The number of anilines is 1. The first-order valence-corrected chi connectivity index (χ1v) is 7.36. The molecule has 1 aromatic rings. The fraction of sp³-hybridized carbons (Fsp3) is 0.692. The number of esters is 1. The van der Waals surface area contributed by atoms with Crippen molar-refractivity contribution in [3.8, 4) is 0 Å². The maximum Gasteiger partial charge on any atom is 0.305 e. The largest absolute Gasteiger partial charge is 0.469 e. The van der Waals surface area contributed by atoms with Gasteiger partial charge in [0.2, 0.25) is 0 Å². The first-order valence-electron chi connectivity index (χ1n) is 6.48. The average molecular weight is 268 g/mol. The summed E-state index contributed by atoms with van der Waals surface area (Å²) in [6, 6.07) is 0.582. The van der Waals surface area contributed by atoms with Gasteiger partial charge >= 0.3 is 5.97 Å². The molecule has 0 aromatic carbocycles. The highest BCUT2D eigenvalue weighted by molar-refractivity contribution is 7.13. The molecule has 0 saturated carbocycles. The third-order valence-electron chi connectivity index (χ3n) is 3.40. The summed E-state index contributed by atoms with van der Waals surface area (Å²) < 4.78 is 4.64. The Kier molecular flexibility index (Phi) is 4.58. The van der Waals surface area contributed by atoms with E-state index in [9.17, 15) is 4.79 Å². The zero-order valence-corrected chi connectivity index (χ0v) is 11.8. The van der Waals surface area contributed by atoms with Crippen molar-refractivity contribution in [3.05, 3.63) is 11.1 Å². The van der Waals surface area contributed by atoms with Crippen LogP contribution in [0.25, 0.3) is 0 Å². The van der Waals surface area contributed by atoms with Crippen LogP contribution in [0.2, 0.25) is 0 Å². The summed E-state index contributed by atoms with van der Waals surface area (Å²) in [5.74, 6) is -0.170. The number of ether oxygens (including phenoxy) is 1. The molecule has 0 aliphatic carbocycles. The maximum atomic E-state index is 11.1. The van der Waals surface area contributed by atoms with E-state index >= 15 is 0 Å². The van der Waals surface area contributed by atoms with E-state index in [2.05, 4.69) is 26.9 Å². The van der Waals surface area contributed by atoms with Crippen molar-refractivity contribution in [3.63, 3.8) is 0 Å². The van der Waals surface area contributed by atoms with Gasteiger partial charge in [0.25, 0.3) is 0 Å². The standard InChI is InChI=1S/C13H20N2O2S/c1-10-5-3-4-8-15(10)13-14-11(9-18-13)6-7-12(16)17-2/h9-10H,3-8H2,1-2H3. The summed E-state index contributed by atoms with van der Waals surface area (Å²) in [6.45, 7) is 3.36. The number of methoxy groups -OCH3 is 1. The molecular weight excluding hydrogens is 248 g/mol. The third-order valence-corrected chi connectivity index (χ3v) is 4.33.